The van der Waals surface area contributed by atoms with E-state index in [-0.39, 0.29) is 22.1 Å². The lowest BCUT2D eigenvalue weighted by atomic mass is 9.89. The number of methoxy groups -OCH3 is 2. The van der Waals surface area contributed by atoms with Gasteiger partial charge in [0.2, 0.25) is 5.91 Å². The number of sulfonamides is 1. The molecular formula is C29H31F3N2O6S. The van der Waals surface area contributed by atoms with Gasteiger partial charge in [-0.05, 0) is 62.7 Å². The van der Waals surface area contributed by atoms with Gasteiger partial charge in [0.25, 0.3) is 10.0 Å². The number of amides is 1. The Morgan fingerprint density at radius 3 is 2.41 bits per heavy atom. The summed E-state index contributed by atoms with van der Waals surface area (Å²) < 4.78 is 85.5. The van der Waals surface area contributed by atoms with Crippen molar-refractivity contribution in [2.45, 2.75) is 49.9 Å². The van der Waals surface area contributed by atoms with Crippen LogP contribution in [0.1, 0.15) is 43.0 Å². The number of rotatable bonds is 8. The van der Waals surface area contributed by atoms with Crippen LogP contribution in [0.4, 0.5) is 18.9 Å². The molecule has 0 saturated carbocycles. The second kappa shape index (κ2) is 11.2. The summed E-state index contributed by atoms with van der Waals surface area (Å²) in [7, 11) is -1.86. The minimum absolute atomic E-state index is 0.0957. The minimum Gasteiger partial charge on any atom is -0.493 e. The van der Waals surface area contributed by atoms with E-state index in [4.69, 9.17) is 14.2 Å². The summed E-state index contributed by atoms with van der Waals surface area (Å²) in [5, 5.41) is 2.87. The third-order valence-electron chi connectivity index (χ3n) is 6.65. The maximum Gasteiger partial charge on any atom is 0.416 e. The zero-order chi connectivity index (χ0) is 30.2. The first-order valence-electron chi connectivity index (χ1n) is 12.7. The molecule has 0 aliphatic carbocycles. The van der Waals surface area contributed by atoms with Crippen LogP contribution in [0.2, 0.25) is 0 Å². The second-order valence-electron chi connectivity index (χ2n) is 10.3. The predicted octanol–water partition coefficient (Wildman–Crippen LogP) is 5.64. The normalized spacial score (nSPS) is 16.2. The van der Waals surface area contributed by atoms with Crippen LogP contribution in [-0.4, -0.2) is 40.7 Å². The molecule has 4 rings (SSSR count). The van der Waals surface area contributed by atoms with Crippen LogP contribution in [0.25, 0.3) is 0 Å². The molecule has 1 aliphatic heterocycles. The number of halogens is 3. The average molecular weight is 593 g/mol. The van der Waals surface area contributed by atoms with E-state index in [1.807, 2.05) is 39.0 Å². The van der Waals surface area contributed by atoms with Crippen LogP contribution >= 0.6 is 0 Å². The summed E-state index contributed by atoms with van der Waals surface area (Å²) in [4.78, 5) is 13.1. The Balaban J connectivity index is 1.73. The number of aryl methyl sites for hydroxylation is 1. The zero-order valence-electron chi connectivity index (χ0n) is 23.2. The van der Waals surface area contributed by atoms with E-state index < -0.39 is 45.9 Å². The molecule has 0 radical (unpaired) electrons. The Kier molecular flexibility index (Phi) is 8.17. The van der Waals surface area contributed by atoms with Gasteiger partial charge in [-0.1, -0.05) is 18.2 Å². The van der Waals surface area contributed by atoms with Gasteiger partial charge in [0.1, 0.15) is 17.9 Å². The first-order valence-corrected chi connectivity index (χ1v) is 14.1. The molecule has 220 valence electrons. The molecule has 1 unspecified atom stereocenters. The molecule has 1 N–H and O–H groups in total. The summed E-state index contributed by atoms with van der Waals surface area (Å²) in [6.07, 6.45) is -4.34. The third kappa shape index (κ3) is 6.53. The fraction of sp³-hybridized carbons (Fsp3) is 0.345. The number of benzene rings is 3. The Labute approximate surface area is 237 Å². The first kappa shape index (κ1) is 30.0. The molecule has 3 aromatic rings. The maximum atomic E-state index is 13.9. The molecule has 1 amide bonds. The molecule has 1 atom stereocenters. The maximum absolute atomic E-state index is 13.9. The van der Waals surface area contributed by atoms with Crippen molar-refractivity contribution in [3.8, 4) is 17.2 Å². The van der Waals surface area contributed by atoms with Crippen LogP contribution < -0.4 is 23.8 Å². The minimum atomic E-state index is -4.73. The summed E-state index contributed by atoms with van der Waals surface area (Å²) >= 11 is 0. The number of nitrogens with one attached hydrogen (secondary N) is 1. The zero-order valence-corrected chi connectivity index (χ0v) is 24.0. The molecule has 0 fully saturated rings. The van der Waals surface area contributed by atoms with E-state index in [1.54, 1.807) is 0 Å². The lowest BCUT2D eigenvalue weighted by molar-refractivity contribution is -0.137. The van der Waals surface area contributed by atoms with Gasteiger partial charge in [0.05, 0.1) is 36.4 Å². The van der Waals surface area contributed by atoms with Gasteiger partial charge in [-0.15, -0.1) is 0 Å². The second-order valence-corrected chi connectivity index (χ2v) is 12.2. The Morgan fingerprint density at radius 2 is 1.76 bits per heavy atom. The molecule has 1 heterocycles. The number of hydrogen-bond acceptors (Lipinski definition) is 6. The van der Waals surface area contributed by atoms with Crippen molar-refractivity contribution >= 4 is 21.6 Å². The van der Waals surface area contributed by atoms with Crippen molar-refractivity contribution < 1.29 is 40.6 Å². The number of hydrogen-bond donors (Lipinski definition) is 1. The van der Waals surface area contributed by atoms with Gasteiger partial charge in [-0.25, -0.2) is 8.42 Å². The molecule has 8 nitrogen and oxygen atoms in total. The predicted molar refractivity (Wildman–Crippen MR) is 147 cm³/mol. The van der Waals surface area contributed by atoms with Gasteiger partial charge in [0, 0.05) is 18.1 Å². The summed E-state index contributed by atoms with van der Waals surface area (Å²) in [5.41, 5.74) is -0.336. The van der Waals surface area contributed by atoms with Crippen LogP contribution in [0, 0.1) is 6.92 Å². The van der Waals surface area contributed by atoms with E-state index >= 15 is 0 Å². The summed E-state index contributed by atoms with van der Waals surface area (Å²) in [5.74, 6) is 0.240. The number of fused-ring (bicyclic) bond motifs is 1. The van der Waals surface area contributed by atoms with Gasteiger partial charge in [-0.3, -0.25) is 9.10 Å². The monoisotopic (exact) mass is 592 g/mol. The fourth-order valence-corrected chi connectivity index (χ4v) is 6.14. The molecule has 0 saturated heterocycles. The molecular weight excluding hydrogens is 561 g/mol. The lowest BCUT2D eigenvalue weighted by Crippen LogP contribution is -2.45. The number of alkyl halides is 3. The SMILES string of the molecule is COc1ccc(S(=O)(=O)N(CC(=O)NC2CC(C)(C)Oc3cc(C)ccc32)c2cccc(C(F)(F)F)c2)cc1OC. The van der Waals surface area contributed by atoms with E-state index in [0.29, 0.717) is 22.5 Å². The van der Waals surface area contributed by atoms with Crippen molar-refractivity contribution in [2.24, 2.45) is 0 Å². The van der Waals surface area contributed by atoms with Crippen LogP contribution in [-0.2, 0) is 21.0 Å². The topological polar surface area (TPSA) is 94.2 Å². The Bertz CT molecular complexity index is 1560. The molecule has 0 bridgehead atoms. The highest BCUT2D eigenvalue weighted by Crippen LogP contribution is 2.40. The smallest absolute Gasteiger partial charge is 0.416 e. The van der Waals surface area contributed by atoms with Crippen molar-refractivity contribution in [3.63, 3.8) is 0 Å². The highest BCUT2D eigenvalue weighted by atomic mass is 32.2. The number of nitrogens with zero attached hydrogens (tertiary/aromatic N) is 1. The average Bonchev–Trinajstić information content (AvgIpc) is 2.89. The quantitative estimate of drug-likeness (QED) is 0.364. The van der Waals surface area contributed by atoms with Crippen molar-refractivity contribution in [2.75, 3.05) is 25.1 Å². The summed E-state index contributed by atoms with van der Waals surface area (Å²) in [6.45, 7) is 4.86. The van der Waals surface area contributed by atoms with Crippen LogP contribution in [0.3, 0.4) is 0 Å². The van der Waals surface area contributed by atoms with Gasteiger partial charge >= 0.3 is 6.18 Å². The van der Waals surface area contributed by atoms with E-state index in [0.717, 1.165) is 23.3 Å². The van der Waals surface area contributed by atoms with Gasteiger partial charge in [-0.2, -0.15) is 13.2 Å². The van der Waals surface area contributed by atoms with Crippen molar-refractivity contribution in [1.82, 2.24) is 5.32 Å². The van der Waals surface area contributed by atoms with E-state index in [9.17, 15) is 26.4 Å². The van der Waals surface area contributed by atoms with E-state index in [1.165, 1.54) is 38.5 Å². The Morgan fingerprint density at radius 1 is 1.05 bits per heavy atom. The Hall–Kier alpha value is -3.93. The standard InChI is InChI=1S/C29H31F3N2O6S/c1-18-9-11-22-23(16-28(2,3)40-25(22)13-18)33-27(35)17-34(20-8-6-7-19(14-20)29(30,31)32)41(36,37)21-10-12-24(38-4)26(15-21)39-5/h6-15,23H,16-17H2,1-5H3,(H,33,35). The molecule has 12 heteroatoms. The third-order valence-corrected chi connectivity index (χ3v) is 8.42. The number of carbonyl (C=O) groups excluding carboxylic acids is 1. The highest BCUT2D eigenvalue weighted by molar-refractivity contribution is 7.92. The first-order chi connectivity index (χ1) is 19.1. The fourth-order valence-electron chi connectivity index (χ4n) is 4.71. The van der Waals surface area contributed by atoms with Gasteiger partial charge in [0.15, 0.2) is 11.5 Å². The number of anilines is 1. The van der Waals surface area contributed by atoms with Crippen molar-refractivity contribution in [1.29, 1.82) is 0 Å². The number of carbonyl (C=O) groups is 1. The van der Waals surface area contributed by atoms with Crippen LogP contribution in [0.15, 0.2) is 65.6 Å². The molecule has 1 aliphatic rings. The summed E-state index contributed by atoms with van der Waals surface area (Å²) in [6, 6.07) is 12.6. The van der Waals surface area contributed by atoms with E-state index in [2.05, 4.69) is 5.32 Å². The highest BCUT2D eigenvalue weighted by Gasteiger charge is 2.37. The lowest BCUT2D eigenvalue weighted by Gasteiger charge is -2.38. The van der Waals surface area contributed by atoms with Crippen LogP contribution in [0.5, 0.6) is 17.2 Å². The molecule has 41 heavy (non-hydrogen) atoms. The number of ether oxygens (including phenoxy) is 3. The largest absolute Gasteiger partial charge is 0.493 e. The van der Waals surface area contributed by atoms with Gasteiger partial charge < -0.3 is 19.5 Å². The molecule has 3 aromatic carbocycles. The molecule has 0 aromatic heterocycles. The molecule has 0 spiro atoms. The van der Waals surface area contributed by atoms with Crippen molar-refractivity contribution in [3.05, 3.63) is 77.4 Å².